The predicted molar refractivity (Wildman–Crippen MR) is 102 cm³/mol. The number of ether oxygens (including phenoxy) is 1. The summed E-state index contributed by atoms with van der Waals surface area (Å²) in [4.78, 5) is 15.9. The summed E-state index contributed by atoms with van der Waals surface area (Å²) >= 11 is 1.70. The molecule has 2 aromatic rings. The Bertz CT molecular complexity index is 684. The van der Waals surface area contributed by atoms with Gasteiger partial charge in [-0.15, -0.1) is 11.3 Å². The molecule has 1 aromatic carbocycles. The van der Waals surface area contributed by atoms with Crippen LogP contribution in [0, 0.1) is 5.82 Å². The van der Waals surface area contributed by atoms with Crippen molar-refractivity contribution < 1.29 is 13.9 Å². The van der Waals surface area contributed by atoms with E-state index in [0.29, 0.717) is 6.54 Å². The van der Waals surface area contributed by atoms with Crippen LogP contribution in [0.15, 0.2) is 41.8 Å². The summed E-state index contributed by atoms with van der Waals surface area (Å²) in [6.07, 6.45) is 2.34. The van der Waals surface area contributed by atoms with Gasteiger partial charge >= 0.3 is 0 Å². The fourth-order valence-corrected chi connectivity index (χ4v) is 3.96. The highest BCUT2D eigenvalue weighted by atomic mass is 32.1. The Balaban J connectivity index is 1.57. The number of rotatable bonds is 8. The molecule has 1 N–H and O–H groups in total. The monoisotopic (exact) mass is 376 g/mol. The second-order valence-corrected chi connectivity index (χ2v) is 7.76. The number of benzene rings is 1. The summed E-state index contributed by atoms with van der Waals surface area (Å²) in [5.41, 5.74) is 0.892. The first kappa shape index (κ1) is 19.0. The Morgan fingerprint density at radius 2 is 2.19 bits per heavy atom. The number of carbonyl (C=O) groups is 1. The summed E-state index contributed by atoms with van der Waals surface area (Å²) in [6, 6.07) is 10.2. The third-order valence-corrected chi connectivity index (χ3v) is 5.42. The number of amides is 1. The van der Waals surface area contributed by atoms with Crippen molar-refractivity contribution in [1.29, 1.82) is 0 Å². The number of halogens is 1. The quantitative estimate of drug-likeness (QED) is 0.763. The van der Waals surface area contributed by atoms with Crippen LogP contribution < -0.4 is 5.32 Å². The predicted octanol–water partition coefficient (Wildman–Crippen LogP) is 3.75. The highest BCUT2D eigenvalue weighted by Gasteiger charge is 2.22. The summed E-state index contributed by atoms with van der Waals surface area (Å²) in [5, 5.41) is 5.06. The molecule has 1 saturated heterocycles. The number of hydrogen-bond acceptors (Lipinski definition) is 4. The third-order valence-electron chi connectivity index (χ3n) is 4.56. The molecule has 0 saturated carbocycles. The molecule has 0 bridgehead atoms. The molecule has 0 aliphatic carbocycles. The minimum Gasteiger partial charge on any atom is -0.377 e. The van der Waals surface area contributed by atoms with E-state index in [1.807, 2.05) is 13.0 Å². The van der Waals surface area contributed by atoms with E-state index in [9.17, 15) is 9.18 Å². The maximum absolute atomic E-state index is 13.1. The fourth-order valence-electron chi connectivity index (χ4n) is 3.21. The van der Waals surface area contributed by atoms with Crippen molar-refractivity contribution in [3.05, 3.63) is 58.0 Å². The number of carbonyl (C=O) groups excluding carboxylic acids is 1. The summed E-state index contributed by atoms with van der Waals surface area (Å²) in [5.74, 6) is -0.303. The topological polar surface area (TPSA) is 41.6 Å². The summed E-state index contributed by atoms with van der Waals surface area (Å²) in [7, 11) is 0. The Morgan fingerprint density at radius 3 is 2.85 bits per heavy atom. The van der Waals surface area contributed by atoms with Gasteiger partial charge in [0.2, 0.25) is 5.91 Å². The van der Waals surface area contributed by atoms with Crippen LogP contribution >= 0.6 is 11.3 Å². The molecule has 1 aromatic heterocycles. The molecule has 1 aliphatic rings. The molecule has 6 heteroatoms. The van der Waals surface area contributed by atoms with Crippen molar-refractivity contribution in [3.8, 4) is 0 Å². The van der Waals surface area contributed by atoms with Crippen molar-refractivity contribution in [1.82, 2.24) is 10.2 Å². The first-order valence-corrected chi connectivity index (χ1v) is 9.89. The van der Waals surface area contributed by atoms with E-state index >= 15 is 0 Å². The van der Waals surface area contributed by atoms with Crippen molar-refractivity contribution in [2.75, 3.05) is 19.7 Å². The Hall–Kier alpha value is -1.76. The van der Waals surface area contributed by atoms with Gasteiger partial charge in [0, 0.05) is 24.6 Å². The van der Waals surface area contributed by atoms with Crippen molar-refractivity contribution >= 4 is 17.2 Å². The van der Waals surface area contributed by atoms with Crippen LogP contribution in [-0.2, 0) is 16.1 Å². The molecule has 4 nitrogen and oxygen atoms in total. The van der Waals surface area contributed by atoms with Gasteiger partial charge in [-0.25, -0.2) is 4.39 Å². The SMILES string of the molecule is CC(NC(=O)CN(Cc1cccs1)CC1CCCO1)c1ccc(F)cc1. The molecule has 26 heavy (non-hydrogen) atoms. The second kappa shape index (κ2) is 9.26. The summed E-state index contributed by atoms with van der Waals surface area (Å²) < 4.78 is 18.8. The molecule has 2 heterocycles. The lowest BCUT2D eigenvalue weighted by Crippen LogP contribution is -2.41. The maximum atomic E-state index is 13.1. The van der Waals surface area contributed by atoms with Crippen LogP contribution in [0.3, 0.4) is 0 Å². The number of thiophene rings is 1. The van der Waals surface area contributed by atoms with Crippen LogP contribution in [0.4, 0.5) is 4.39 Å². The fraction of sp³-hybridized carbons (Fsp3) is 0.450. The Labute approximate surface area is 158 Å². The molecule has 0 radical (unpaired) electrons. The molecule has 2 atom stereocenters. The average Bonchev–Trinajstić information content (AvgIpc) is 3.29. The molecular weight excluding hydrogens is 351 g/mol. The van der Waals surface area contributed by atoms with Crippen LogP contribution in [-0.4, -0.2) is 36.6 Å². The van der Waals surface area contributed by atoms with Crippen molar-refractivity contribution in [2.45, 2.75) is 38.5 Å². The van der Waals surface area contributed by atoms with Gasteiger partial charge in [0.15, 0.2) is 0 Å². The average molecular weight is 376 g/mol. The minimum absolute atomic E-state index is 0.0311. The molecule has 1 aliphatic heterocycles. The molecule has 2 unspecified atom stereocenters. The maximum Gasteiger partial charge on any atom is 0.234 e. The van der Waals surface area contributed by atoms with Crippen LogP contribution in [0.5, 0.6) is 0 Å². The van der Waals surface area contributed by atoms with Gasteiger partial charge in [-0.1, -0.05) is 18.2 Å². The lowest BCUT2D eigenvalue weighted by atomic mass is 10.1. The molecule has 140 valence electrons. The van der Waals surface area contributed by atoms with E-state index in [0.717, 1.165) is 38.1 Å². The first-order valence-electron chi connectivity index (χ1n) is 9.01. The van der Waals surface area contributed by atoms with Gasteiger partial charge in [-0.3, -0.25) is 9.69 Å². The number of hydrogen-bond donors (Lipinski definition) is 1. The standard InChI is InChI=1S/C20H25FN2O2S/c1-15(16-6-8-17(21)9-7-16)22-20(24)14-23(12-18-4-2-10-25-18)13-19-5-3-11-26-19/h3,5-9,11,15,18H,2,4,10,12-14H2,1H3,(H,22,24). The third kappa shape index (κ3) is 5.62. The van der Waals surface area contributed by atoms with Crippen molar-refractivity contribution in [2.24, 2.45) is 0 Å². The molecule has 1 amide bonds. The van der Waals surface area contributed by atoms with Crippen LogP contribution in [0.1, 0.15) is 36.2 Å². The zero-order chi connectivity index (χ0) is 18.4. The lowest BCUT2D eigenvalue weighted by Gasteiger charge is -2.25. The van der Waals surface area contributed by atoms with Gasteiger partial charge in [-0.05, 0) is 48.9 Å². The molecular formula is C20H25FN2O2S. The van der Waals surface area contributed by atoms with E-state index < -0.39 is 0 Å². The number of nitrogens with one attached hydrogen (secondary N) is 1. The largest absolute Gasteiger partial charge is 0.377 e. The van der Waals surface area contributed by atoms with Crippen LogP contribution in [0.2, 0.25) is 0 Å². The molecule has 1 fully saturated rings. The first-order chi connectivity index (χ1) is 12.6. The summed E-state index contributed by atoms with van der Waals surface area (Å²) in [6.45, 7) is 4.55. The van der Waals surface area contributed by atoms with E-state index in [2.05, 4.69) is 21.7 Å². The zero-order valence-electron chi connectivity index (χ0n) is 15.0. The highest BCUT2D eigenvalue weighted by molar-refractivity contribution is 7.09. The second-order valence-electron chi connectivity index (χ2n) is 6.72. The van der Waals surface area contributed by atoms with Gasteiger partial charge in [-0.2, -0.15) is 0 Å². The van der Waals surface area contributed by atoms with Gasteiger partial charge in [0.1, 0.15) is 5.82 Å². The lowest BCUT2D eigenvalue weighted by molar-refractivity contribution is -0.123. The zero-order valence-corrected chi connectivity index (χ0v) is 15.8. The van der Waals surface area contributed by atoms with E-state index in [-0.39, 0.29) is 23.9 Å². The van der Waals surface area contributed by atoms with Crippen LogP contribution in [0.25, 0.3) is 0 Å². The van der Waals surface area contributed by atoms with E-state index in [1.54, 1.807) is 23.5 Å². The molecule has 3 rings (SSSR count). The molecule has 0 spiro atoms. The Morgan fingerprint density at radius 1 is 1.38 bits per heavy atom. The van der Waals surface area contributed by atoms with E-state index in [1.165, 1.54) is 17.0 Å². The minimum atomic E-state index is -0.272. The van der Waals surface area contributed by atoms with Gasteiger partial charge in [0.25, 0.3) is 0 Å². The van der Waals surface area contributed by atoms with Crippen molar-refractivity contribution in [3.63, 3.8) is 0 Å². The normalized spacial score (nSPS) is 18.2. The van der Waals surface area contributed by atoms with E-state index in [4.69, 9.17) is 4.74 Å². The van der Waals surface area contributed by atoms with Gasteiger partial charge < -0.3 is 10.1 Å². The Kier molecular flexibility index (Phi) is 6.77. The highest BCUT2D eigenvalue weighted by Crippen LogP contribution is 2.18. The number of nitrogens with zero attached hydrogens (tertiary/aromatic N) is 1. The smallest absolute Gasteiger partial charge is 0.234 e. The van der Waals surface area contributed by atoms with Gasteiger partial charge in [0.05, 0.1) is 18.7 Å².